The molecule has 0 aliphatic rings. The highest BCUT2D eigenvalue weighted by molar-refractivity contribution is 7.16. The molecule has 2 aromatic heterocycles. The zero-order valence-electron chi connectivity index (χ0n) is 11.0. The van der Waals surface area contributed by atoms with E-state index < -0.39 is 0 Å². The second-order valence-electron chi connectivity index (χ2n) is 4.78. The lowest BCUT2D eigenvalue weighted by Gasteiger charge is -2.19. The van der Waals surface area contributed by atoms with Crippen molar-refractivity contribution in [1.29, 1.82) is 0 Å². The maximum atomic E-state index is 6.16. The van der Waals surface area contributed by atoms with E-state index >= 15 is 0 Å². The van der Waals surface area contributed by atoms with E-state index in [1.54, 1.807) is 11.3 Å². The van der Waals surface area contributed by atoms with Crippen LogP contribution in [0, 0.1) is 5.92 Å². The average Bonchev–Trinajstić information content (AvgIpc) is 2.77. The summed E-state index contributed by atoms with van der Waals surface area (Å²) in [5.74, 6) is 1.50. The zero-order valence-corrected chi connectivity index (χ0v) is 12.6. The normalized spacial score (nSPS) is 13.4. The smallest absolute Gasteiger partial charge is 0.145 e. The van der Waals surface area contributed by atoms with Gasteiger partial charge in [0, 0.05) is 11.9 Å². The van der Waals surface area contributed by atoms with Gasteiger partial charge in [-0.05, 0) is 24.4 Å². The Bertz CT molecular complexity index is 526. The molecule has 0 N–H and O–H groups in total. The lowest BCUT2D eigenvalue weighted by atomic mass is 10.1. The molecule has 0 aromatic carbocycles. The first-order valence-electron chi connectivity index (χ1n) is 6.18. The molecule has 3 nitrogen and oxygen atoms in total. The van der Waals surface area contributed by atoms with E-state index in [4.69, 9.17) is 11.6 Å². The molecule has 5 heteroatoms. The molecule has 1 atom stereocenters. The molecule has 2 rings (SSSR count). The van der Waals surface area contributed by atoms with Crippen molar-refractivity contribution in [1.82, 2.24) is 14.9 Å². The Hall–Kier alpha value is -0.710. The van der Waals surface area contributed by atoms with E-state index in [0.29, 0.717) is 11.1 Å². The van der Waals surface area contributed by atoms with Crippen molar-refractivity contribution in [2.75, 3.05) is 13.6 Å². The molecule has 0 saturated heterocycles. The summed E-state index contributed by atoms with van der Waals surface area (Å²) in [6.07, 6.45) is 1.19. The third-order valence-corrected chi connectivity index (χ3v) is 4.15. The number of rotatable bonds is 5. The van der Waals surface area contributed by atoms with Gasteiger partial charge in [0.15, 0.2) is 0 Å². The first kappa shape index (κ1) is 13.7. The fourth-order valence-electron chi connectivity index (χ4n) is 1.90. The Morgan fingerprint density at radius 2 is 2.22 bits per heavy atom. The van der Waals surface area contributed by atoms with Gasteiger partial charge >= 0.3 is 0 Å². The van der Waals surface area contributed by atoms with Crippen LogP contribution >= 0.6 is 22.9 Å². The summed E-state index contributed by atoms with van der Waals surface area (Å²) in [6, 6.07) is 1.97. The van der Waals surface area contributed by atoms with E-state index in [-0.39, 0.29) is 0 Å². The molecule has 0 aliphatic carbocycles. The minimum absolute atomic E-state index is 0.563. The third kappa shape index (κ3) is 3.19. The van der Waals surface area contributed by atoms with Crippen LogP contribution in [0.4, 0.5) is 0 Å². The molecule has 0 spiro atoms. The van der Waals surface area contributed by atoms with E-state index in [2.05, 4.69) is 35.8 Å². The van der Waals surface area contributed by atoms with Gasteiger partial charge in [-0.3, -0.25) is 4.90 Å². The molecule has 0 bridgehead atoms. The number of hydrogen-bond acceptors (Lipinski definition) is 4. The minimum atomic E-state index is 0.563. The van der Waals surface area contributed by atoms with Gasteiger partial charge in [-0.1, -0.05) is 31.9 Å². The van der Waals surface area contributed by atoms with Crippen molar-refractivity contribution in [2.24, 2.45) is 5.92 Å². The maximum Gasteiger partial charge on any atom is 0.145 e. The fraction of sp³-hybridized carbons (Fsp3) is 0.538. The van der Waals surface area contributed by atoms with Gasteiger partial charge in [0.2, 0.25) is 0 Å². The average molecular weight is 284 g/mol. The van der Waals surface area contributed by atoms with Gasteiger partial charge in [0.1, 0.15) is 15.8 Å². The summed E-state index contributed by atoms with van der Waals surface area (Å²) >= 11 is 7.76. The quantitative estimate of drug-likeness (QED) is 0.781. The van der Waals surface area contributed by atoms with Gasteiger partial charge in [-0.2, -0.15) is 0 Å². The van der Waals surface area contributed by atoms with Crippen molar-refractivity contribution in [3.05, 3.63) is 22.4 Å². The Labute approximate surface area is 117 Å². The highest BCUT2D eigenvalue weighted by Crippen LogP contribution is 2.25. The molecule has 0 saturated carbocycles. The number of aromatic nitrogens is 2. The van der Waals surface area contributed by atoms with Crippen LogP contribution < -0.4 is 0 Å². The molecule has 0 amide bonds. The van der Waals surface area contributed by atoms with Crippen molar-refractivity contribution >= 4 is 33.2 Å². The van der Waals surface area contributed by atoms with Crippen LogP contribution in [0.25, 0.3) is 10.2 Å². The molecule has 2 aromatic rings. The molecule has 0 radical (unpaired) electrons. The molecule has 0 fully saturated rings. The SMILES string of the molecule is CCC(C)CN(C)Cc1nc(Cl)c2ccsc2n1. The van der Waals surface area contributed by atoms with E-state index in [1.807, 2.05) is 11.4 Å². The van der Waals surface area contributed by atoms with Gasteiger partial charge in [0.05, 0.1) is 6.54 Å². The van der Waals surface area contributed by atoms with E-state index in [9.17, 15) is 0 Å². The van der Waals surface area contributed by atoms with Crippen molar-refractivity contribution in [2.45, 2.75) is 26.8 Å². The van der Waals surface area contributed by atoms with Crippen molar-refractivity contribution in [3.8, 4) is 0 Å². The molecule has 0 aliphatic heterocycles. The number of fused-ring (bicyclic) bond motifs is 1. The largest absolute Gasteiger partial charge is 0.299 e. The molecular weight excluding hydrogens is 266 g/mol. The molecule has 18 heavy (non-hydrogen) atoms. The fourth-order valence-corrected chi connectivity index (χ4v) is 2.99. The van der Waals surface area contributed by atoms with Crippen LogP contribution in [0.1, 0.15) is 26.1 Å². The van der Waals surface area contributed by atoms with E-state index in [0.717, 1.165) is 29.1 Å². The second-order valence-corrected chi connectivity index (χ2v) is 6.03. The summed E-state index contributed by atoms with van der Waals surface area (Å²) < 4.78 is 0. The standard InChI is InChI=1S/C13H18ClN3S/c1-4-9(2)7-17(3)8-11-15-12(14)10-5-6-18-13(10)16-11/h5-6,9H,4,7-8H2,1-3H3. The van der Waals surface area contributed by atoms with Crippen LogP contribution in [0.5, 0.6) is 0 Å². The number of thiophene rings is 1. The molecule has 2 heterocycles. The minimum Gasteiger partial charge on any atom is -0.299 e. The molecular formula is C13H18ClN3S. The Balaban J connectivity index is 2.11. The first-order chi connectivity index (χ1) is 8.60. The first-order valence-corrected chi connectivity index (χ1v) is 7.44. The van der Waals surface area contributed by atoms with Crippen LogP contribution in [-0.2, 0) is 6.54 Å². The maximum absolute atomic E-state index is 6.16. The van der Waals surface area contributed by atoms with Crippen LogP contribution in [0.2, 0.25) is 5.15 Å². The number of nitrogens with zero attached hydrogens (tertiary/aromatic N) is 3. The topological polar surface area (TPSA) is 29.0 Å². The third-order valence-electron chi connectivity index (χ3n) is 3.06. The summed E-state index contributed by atoms with van der Waals surface area (Å²) in [6.45, 7) is 6.27. The predicted molar refractivity (Wildman–Crippen MR) is 78.2 cm³/mol. The van der Waals surface area contributed by atoms with Crippen molar-refractivity contribution in [3.63, 3.8) is 0 Å². The monoisotopic (exact) mass is 283 g/mol. The predicted octanol–water partition coefficient (Wildman–Crippen LogP) is 3.82. The number of hydrogen-bond donors (Lipinski definition) is 0. The highest BCUT2D eigenvalue weighted by Gasteiger charge is 2.10. The summed E-state index contributed by atoms with van der Waals surface area (Å²) in [5, 5.41) is 3.51. The van der Waals surface area contributed by atoms with Gasteiger partial charge in [-0.25, -0.2) is 9.97 Å². The molecule has 98 valence electrons. The lowest BCUT2D eigenvalue weighted by molar-refractivity contribution is 0.269. The Morgan fingerprint density at radius 1 is 1.44 bits per heavy atom. The molecule has 1 unspecified atom stereocenters. The van der Waals surface area contributed by atoms with Crippen LogP contribution in [-0.4, -0.2) is 28.5 Å². The van der Waals surface area contributed by atoms with Crippen LogP contribution in [0.15, 0.2) is 11.4 Å². The van der Waals surface area contributed by atoms with Gasteiger partial charge in [0.25, 0.3) is 0 Å². The van der Waals surface area contributed by atoms with Crippen molar-refractivity contribution < 1.29 is 0 Å². The highest BCUT2D eigenvalue weighted by atomic mass is 35.5. The summed E-state index contributed by atoms with van der Waals surface area (Å²) in [5.41, 5.74) is 0. The summed E-state index contributed by atoms with van der Waals surface area (Å²) in [7, 11) is 2.10. The lowest BCUT2D eigenvalue weighted by Crippen LogP contribution is -2.24. The van der Waals surface area contributed by atoms with Crippen LogP contribution in [0.3, 0.4) is 0 Å². The van der Waals surface area contributed by atoms with E-state index in [1.165, 1.54) is 6.42 Å². The number of halogens is 1. The zero-order chi connectivity index (χ0) is 13.1. The van der Waals surface area contributed by atoms with Gasteiger partial charge in [-0.15, -0.1) is 11.3 Å². The second kappa shape index (κ2) is 5.95. The Morgan fingerprint density at radius 3 is 2.94 bits per heavy atom. The van der Waals surface area contributed by atoms with Gasteiger partial charge < -0.3 is 0 Å². The Kier molecular flexibility index (Phi) is 4.54. The summed E-state index contributed by atoms with van der Waals surface area (Å²) in [4.78, 5) is 12.1.